The molecule has 0 aliphatic heterocycles. The van der Waals surface area contributed by atoms with Crippen LogP contribution in [0.5, 0.6) is 0 Å². The van der Waals surface area contributed by atoms with Gasteiger partial charge in [0.15, 0.2) is 0 Å². The number of anilines is 1. The van der Waals surface area contributed by atoms with Gasteiger partial charge in [-0.3, -0.25) is 15.6 Å². The number of carbonyl (C=O) groups excluding carboxylic acids is 1. The number of nitriles is 1. The first-order valence-corrected chi connectivity index (χ1v) is 7.52. The zero-order valence-corrected chi connectivity index (χ0v) is 14.1. The molecule has 0 atom stereocenters. The van der Waals surface area contributed by atoms with Crippen LogP contribution in [0.2, 0.25) is 5.02 Å². The molecule has 1 amide bonds. The minimum absolute atomic E-state index is 0.139. The van der Waals surface area contributed by atoms with E-state index in [2.05, 4.69) is 26.8 Å². The molecule has 124 valence electrons. The summed E-state index contributed by atoms with van der Waals surface area (Å²) in [5.74, 6) is -0.656. The zero-order valence-electron chi connectivity index (χ0n) is 11.7. The predicted octanol–water partition coefficient (Wildman–Crippen LogP) is 4.75. The molecule has 2 aromatic carbocycles. The number of alkyl halides is 3. The lowest BCUT2D eigenvalue weighted by molar-refractivity contribution is -0.137. The topological polar surface area (TPSA) is 64.9 Å². The molecule has 0 bridgehead atoms. The summed E-state index contributed by atoms with van der Waals surface area (Å²) in [6, 6.07) is 9.00. The summed E-state index contributed by atoms with van der Waals surface area (Å²) in [5, 5.41) is 9.12. The van der Waals surface area contributed by atoms with Gasteiger partial charge in [-0.25, -0.2) is 0 Å². The molecule has 0 heterocycles. The molecular weight excluding hydrogens is 411 g/mol. The summed E-state index contributed by atoms with van der Waals surface area (Å²) >= 11 is 8.92. The van der Waals surface area contributed by atoms with E-state index in [4.69, 9.17) is 16.9 Å². The average molecular weight is 419 g/mol. The van der Waals surface area contributed by atoms with Crippen LogP contribution in [0.3, 0.4) is 0 Å². The number of rotatable bonds is 3. The second-order valence-electron chi connectivity index (χ2n) is 4.57. The molecule has 0 aliphatic carbocycles. The second-order valence-corrected chi connectivity index (χ2v) is 5.86. The van der Waals surface area contributed by atoms with E-state index in [0.29, 0.717) is 15.6 Å². The Kier molecular flexibility index (Phi) is 5.36. The molecule has 0 unspecified atom stereocenters. The van der Waals surface area contributed by atoms with E-state index in [-0.39, 0.29) is 16.8 Å². The van der Waals surface area contributed by atoms with Gasteiger partial charge in [-0.1, -0.05) is 11.6 Å². The van der Waals surface area contributed by atoms with Gasteiger partial charge in [0.05, 0.1) is 28.4 Å². The fraction of sp³-hybridized carbons (Fsp3) is 0.0667. The molecule has 2 N–H and O–H groups in total. The number of hydrogen-bond donors (Lipinski definition) is 2. The van der Waals surface area contributed by atoms with E-state index in [1.165, 1.54) is 24.3 Å². The summed E-state index contributed by atoms with van der Waals surface area (Å²) in [4.78, 5) is 12.1. The summed E-state index contributed by atoms with van der Waals surface area (Å²) in [5.41, 5.74) is 3.03. The first-order chi connectivity index (χ1) is 11.2. The molecule has 4 nitrogen and oxygen atoms in total. The minimum Gasteiger partial charge on any atom is -0.298 e. The molecule has 0 fully saturated rings. The first-order valence-electron chi connectivity index (χ1n) is 6.35. The molecule has 0 saturated heterocycles. The second kappa shape index (κ2) is 7.11. The van der Waals surface area contributed by atoms with Gasteiger partial charge in [0, 0.05) is 9.50 Å². The van der Waals surface area contributed by atoms with Crippen LogP contribution in [0, 0.1) is 11.3 Å². The Morgan fingerprint density at radius 2 is 1.92 bits per heavy atom. The van der Waals surface area contributed by atoms with Gasteiger partial charge in [-0.15, -0.1) is 0 Å². The highest BCUT2D eigenvalue weighted by atomic mass is 79.9. The van der Waals surface area contributed by atoms with Crippen LogP contribution in [0.15, 0.2) is 40.9 Å². The van der Waals surface area contributed by atoms with Crippen LogP contribution in [-0.2, 0) is 6.18 Å². The maximum absolute atomic E-state index is 13.0. The van der Waals surface area contributed by atoms with E-state index in [1.807, 2.05) is 0 Å². The summed E-state index contributed by atoms with van der Waals surface area (Å²) in [6.07, 6.45) is -4.68. The monoisotopic (exact) mass is 417 g/mol. The van der Waals surface area contributed by atoms with Crippen LogP contribution in [0.25, 0.3) is 0 Å². The van der Waals surface area contributed by atoms with Gasteiger partial charge in [-0.05, 0) is 52.3 Å². The van der Waals surface area contributed by atoms with E-state index in [0.717, 1.165) is 6.07 Å². The van der Waals surface area contributed by atoms with Gasteiger partial charge < -0.3 is 0 Å². The van der Waals surface area contributed by atoms with Crippen molar-refractivity contribution in [3.8, 4) is 6.07 Å². The third-order valence-corrected chi connectivity index (χ3v) is 3.83. The molecular formula is C15H8BrClF3N3O. The lowest BCUT2D eigenvalue weighted by Gasteiger charge is -2.15. The minimum atomic E-state index is -4.68. The Balaban J connectivity index is 2.23. The van der Waals surface area contributed by atoms with Crippen molar-refractivity contribution in [3.05, 3.63) is 62.6 Å². The van der Waals surface area contributed by atoms with Gasteiger partial charge in [0.2, 0.25) is 0 Å². The number of hydrazine groups is 1. The van der Waals surface area contributed by atoms with Crippen molar-refractivity contribution in [2.75, 3.05) is 5.43 Å². The predicted molar refractivity (Wildman–Crippen MR) is 86.4 cm³/mol. The number of halogens is 5. The highest BCUT2D eigenvalue weighted by Gasteiger charge is 2.34. The molecule has 2 aromatic rings. The van der Waals surface area contributed by atoms with E-state index >= 15 is 0 Å². The number of amides is 1. The number of nitrogens with one attached hydrogen (secondary N) is 2. The maximum atomic E-state index is 13.0. The Labute approximate surface area is 148 Å². The fourth-order valence-electron chi connectivity index (χ4n) is 1.82. The molecule has 9 heteroatoms. The Morgan fingerprint density at radius 1 is 1.21 bits per heavy atom. The molecule has 0 radical (unpaired) electrons. The highest BCUT2D eigenvalue weighted by molar-refractivity contribution is 9.10. The third-order valence-electron chi connectivity index (χ3n) is 2.94. The number of benzene rings is 2. The SMILES string of the molecule is N#Cc1ccc(NNC(=O)c2ccc(Cl)cc2Br)c(C(F)(F)F)c1. The van der Waals surface area contributed by atoms with E-state index in [1.54, 1.807) is 6.07 Å². The summed E-state index contributed by atoms with van der Waals surface area (Å²) in [7, 11) is 0. The number of nitrogens with zero attached hydrogens (tertiary/aromatic N) is 1. The quantitative estimate of drug-likeness (QED) is 0.707. The maximum Gasteiger partial charge on any atom is 0.418 e. The Bertz CT molecular complexity index is 834. The molecule has 24 heavy (non-hydrogen) atoms. The molecule has 0 aromatic heterocycles. The van der Waals surface area contributed by atoms with Crippen molar-refractivity contribution in [1.82, 2.24) is 5.43 Å². The van der Waals surface area contributed by atoms with Crippen molar-refractivity contribution in [2.45, 2.75) is 6.18 Å². The van der Waals surface area contributed by atoms with Crippen molar-refractivity contribution >= 4 is 39.1 Å². The standard InChI is InChI=1S/C15H8BrClF3N3O/c16-12-6-9(17)2-3-10(12)14(24)23-22-13-4-1-8(7-21)5-11(13)15(18,19)20/h1-6,22H,(H,23,24). The fourth-order valence-corrected chi connectivity index (χ4v) is 2.69. The van der Waals surface area contributed by atoms with E-state index in [9.17, 15) is 18.0 Å². The highest BCUT2D eigenvalue weighted by Crippen LogP contribution is 2.35. The molecule has 0 saturated carbocycles. The van der Waals surface area contributed by atoms with Crippen molar-refractivity contribution < 1.29 is 18.0 Å². The molecule has 2 rings (SSSR count). The number of carbonyl (C=O) groups is 1. The lowest BCUT2D eigenvalue weighted by atomic mass is 10.1. The van der Waals surface area contributed by atoms with Crippen LogP contribution >= 0.6 is 27.5 Å². The van der Waals surface area contributed by atoms with Gasteiger partial charge in [0.25, 0.3) is 5.91 Å². The van der Waals surface area contributed by atoms with Crippen molar-refractivity contribution in [2.24, 2.45) is 0 Å². The van der Waals surface area contributed by atoms with Crippen molar-refractivity contribution in [3.63, 3.8) is 0 Å². The normalized spacial score (nSPS) is 10.8. The third kappa shape index (κ3) is 4.19. The Hall–Kier alpha value is -2.24. The largest absolute Gasteiger partial charge is 0.418 e. The molecule has 0 aliphatic rings. The number of hydrogen-bond acceptors (Lipinski definition) is 3. The lowest BCUT2D eigenvalue weighted by Crippen LogP contribution is -2.30. The summed E-state index contributed by atoms with van der Waals surface area (Å²) in [6.45, 7) is 0. The molecule has 0 spiro atoms. The van der Waals surface area contributed by atoms with Crippen LogP contribution in [0.1, 0.15) is 21.5 Å². The van der Waals surface area contributed by atoms with Crippen LogP contribution < -0.4 is 10.9 Å². The van der Waals surface area contributed by atoms with E-state index < -0.39 is 17.6 Å². The smallest absolute Gasteiger partial charge is 0.298 e. The van der Waals surface area contributed by atoms with Gasteiger partial charge in [0.1, 0.15) is 0 Å². The average Bonchev–Trinajstić information content (AvgIpc) is 2.51. The van der Waals surface area contributed by atoms with Gasteiger partial charge >= 0.3 is 6.18 Å². The summed E-state index contributed by atoms with van der Waals surface area (Å²) < 4.78 is 39.5. The van der Waals surface area contributed by atoms with Crippen LogP contribution in [0.4, 0.5) is 18.9 Å². The van der Waals surface area contributed by atoms with Crippen molar-refractivity contribution in [1.29, 1.82) is 5.26 Å². The Morgan fingerprint density at radius 3 is 2.50 bits per heavy atom. The van der Waals surface area contributed by atoms with Gasteiger partial charge in [-0.2, -0.15) is 18.4 Å². The first kappa shape index (κ1) is 18.1. The van der Waals surface area contributed by atoms with Crippen LogP contribution in [-0.4, -0.2) is 5.91 Å². The zero-order chi connectivity index (χ0) is 17.9.